The van der Waals surface area contributed by atoms with Gasteiger partial charge >= 0.3 is 5.97 Å². The molecule has 0 saturated heterocycles. The number of allylic oxidation sites excluding steroid dienone is 2. The molecule has 2 atom stereocenters. The van der Waals surface area contributed by atoms with Gasteiger partial charge in [0.2, 0.25) is 0 Å². The molecule has 0 bridgehead atoms. The number of carbonyl (C=O) groups excluding carboxylic acids is 1. The zero-order valence-electron chi connectivity index (χ0n) is 7.03. The van der Waals surface area contributed by atoms with Crippen molar-refractivity contribution < 1.29 is 14.6 Å². The highest BCUT2D eigenvalue weighted by molar-refractivity contribution is 6.25. The number of halogens is 1. The zero-order valence-corrected chi connectivity index (χ0v) is 7.78. The largest absolute Gasteiger partial charge is 0.466 e. The number of rotatable bonds is 1. The summed E-state index contributed by atoms with van der Waals surface area (Å²) < 4.78 is 4.46. The lowest BCUT2D eigenvalue weighted by Gasteiger charge is -2.27. The third-order valence-corrected chi connectivity index (χ3v) is 2.16. The van der Waals surface area contributed by atoms with Gasteiger partial charge in [0.25, 0.3) is 0 Å². The number of nitrogens with two attached hydrogens (primary N) is 1. The maximum absolute atomic E-state index is 11.1. The summed E-state index contributed by atoms with van der Waals surface area (Å²) in [6, 6.07) is -0.966. The van der Waals surface area contributed by atoms with Crippen LogP contribution in [0.25, 0.3) is 0 Å². The fourth-order valence-corrected chi connectivity index (χ4v) is 1.22. The van der Waals surface area contributed by atoms with Crippen LogP contribution in [0.3, 0.4) is 0 Å². The third kappa shape index (κ3) is 1.91. The minimum atomic E-state index is -1.71. The first-order chi connectivity index (χ1) is 5.99. The molecule has 0 radical (unpaired) electrons. The van der Waals surface area contributed by atoms with Gasteiger partial charge in [0.1, 0.15) is 0 Å². The number of aliphatic hydroxyl groups is 1. The fourth-order valence-electron chi connectivity index (χ4n) is 1.03. The first kappa shape index (κ1) is 10.2. The molecule has 0 saturated carbocycles. The Hall–Kier alpha value is -0.840. The molecule has 72 valence electrons. The molecule has 0 aromatic carbocycles. The standard InChI is InChI=1S/C8H10ClNO3/c1-13-7(11)5-3-2-4-8(9,12)6(5)10/h2-4,6,12H,10H2,1H3. The van der Waals surface area contributed by atoms with Crippen molar-refractivity contribution in [2.45, 2.75) is 11.1 Å². The highest BCUT2D eigenvalue weighted by atomic mass is 35.5. The van der Waals surface area contributed by atoms with Crippen LogP contribution in [-0.4, -0.2) is 29.3 Å². The van der Waals surface area contributed by atoms with E-state index in [2.05, 4.69) is 4.74 Å². The van der Waals surface area contributed by atoms with Gasteiger partial charge in [-0.3, -0.25) is 0 Å². The second-order valence-electron chi connectivity index (χ2n) is 2.68. The van der Waals surface area contributed by atoms with Gasteiger partial charge in [-0.05, 0) is 6.08 Å². The lowest BCUT2D eigenvalue weighted by atomic mass is 9.97. The smallest absolute Gasteiger partial charge is 0.335 e. The first-order valence-corrected chi connectivity index (χ1v) is 4.01. The maximum atomic E-state index is 11.1. The fraction of sp³-hybridized carbons (Fsp3) is 0.375. The average molecular weight is 204 g/mol. The van der Waals surface area contributed by atoms with Crippen molar-refractivity contribution in [1.82, 2.24) is 0 Å². The normalized spacial score (nSPS) is 32.6. The van der Waals surface area contributed by atoms with Crippen LogP contribution >= 0.6 is 11.6 Å². The molecule has 1 aliphatic carbocycles. The van der Waals surface area contributed by atoms with Crippen molar-refractivity contribution in [2.75, 3.05) is 7.11 Å². The van der Waals surface area contributed by atoms with E-state index in [1.807, 2.05) is 0 Å². The van der Waals surface area contributed by atoms with Crippen molar-refractivity contribution in [3.05, 3.63) is 23.8 Å². The van der Waals surface area contributed by atoms with Gasteiger partial charge in [-0.1, -0.05) is 23.8 Å². The van der Waals surface area contributed by atoms with E-state index >= 15 is 0 Å². The Balaban J connectivity index is 2.94. The van der Waals surface area contributed by atoms with Crippen LogP contribution in [0.4, 0.5) is 0 Å². The van der Waals surface area contributed by atoms with Crippen LogP contribution in [0.15, 0.2) is 23.8 Å². The van der Waals surface area contributed by atoms with Crippen LogP contribution in [0.2, 0.25) is 0 Å². The summed E-state index contributed by atoms with van der Waals surface area (Å²) in [4.78, 5) is 11.1. The minimum absolute atomic E-state index is 0.155. The molecular formula is C8H10ClNO3. The molecule has 5 heteroatoms. The van der Waals surface area contributed by atoms with E-state index in [1.54, 1.807) is 0 Å². The number of methoxy groups -OCH3 is 1. The van der Waals surface area contributed by atoms with E-state index in [-0.39, 0.29) is 5.57 Å². The van der Waals surface area contributed by atoms with Gasteiger partial charge in [-0.15, -0.1) is 0 Å². The third-order valence-electron chi connectivity index (χ3n) is 1.80. The van der Waals surface area contributed by atoms with Gasteiger partial charge in [0, 0.05) is 0 Å². The summed E-state index contributed by atoms with van der Waals surface area (Å²) in [7, 11) is 1.24. The van der Waals surface area contributed by atoms with Crippen molar-refractivity contribution in [3.63, 3.8) is 0 Å². The molecule has 0 aliphatic heterocycles. The van der Waals surface area contributed by atoms with Crippen LogP contribution in [-0.2, 0) is 9.53 Å². The van der Waals surface area contributed by atoms with Crippen LogP contribution in [0.5, 0.6) is 0 Å². The number of esters is 1. The number of hydrogen-bond donors (Lipinski definition) is 2. The predicted molar refractivity (Wildman–Crippen MR) is 48.0 cm³/mol. The first-order valence-electron chi connectivity index (χ1n) is 3.63. The summed E-state index contributed by atoms with van der Waals surface area (Å²) in [5, 5.41) is 7.75. The summed E-state index contributed by atoms with van der Waals surface area (Å²) in [5.74, 6) is -0.587. The lowest BCUT2D eigenvalue weighted by Crippen LogP contribution is -2.46. The number of alkyl halides is 1. The Kier molecular flexibility index (Phi) is 2.75. The molecule has 4 nitrogen and oxygen atoms in total. The van der Waals surface area contributed by atoms with E-state index < -0.39 is 17.1 Å². The summed E-state index contributed by atoms with van der Waals surface area (Å²) in [6.07, 6.45) is 4.24. The highest BCUT2D eigenvalue weighted by Crippen LogP contribution is 2.26. The van der Waals surface area contributed by atoms with Crippen molar-refractivity contribution in [3.8, 4) is 0 Å². The Morgan fingerprint density at radius 3 is 3.00 bits per heavy atom. The molecule has 3 N–H and O–H groups in total. The van der Waals surface area contributed by atoms with Crippen LogP contribution < -0.4 is 5.73 Å². The van der Waals surface area contributed by atoms with Crippen molar-refractivity contribution >= 4 is 17.6 Å². The van der Waals surface area contributed by atoms with E-state index in [4.69, 9.17) is 17.3 Å². The summed E-state index contributed by atoms with van der Waals surface area (Å²) in [5.41, 5.74) is 5.69. The Labute approximate surface area is 80.6 Å². The number of ether oxygens (including phenoxy) is 1. The predicted octanol–water partition coefficient (Wildman–Crippen LogP) is -0.0897. The molecule has 0 fully saturated rings. The van der Waals surface area contributed by atoms with E-state index in [0.29, 0.717) is 0 Å². The van der Waals surface area contributed by atoms with Gasteiger partial charge in [-0.25, -0.2) is 4.79 Å². The Morgan fingerprint density at radius 1 is 1.85 bits per heavy atom. The second kappa shape index (κ2) is 3.49. The molecular weight excluding hydrogens is 194 g/mol. The summed E-state index contributed by atoms with van der Waals surface area (Å²) in [6.45, 7) is 0. The van der Waals surface area contributed by atoms with Gasteiger partial charge < -0.3 is 15.6 Å². The van der Waals surface area contributed by atoms with E-state index in [0.717, 1.165) is 0 Å². The lowest BCUT2D eigenvalue weighted by molar-refractivity contribution is -0.136. The Morgan fingerprint density at radius 2 is 2.46 bits per heavy atom. The molecule has 0 spiro atoms. The van der Waals surface area contributed by atoms with Gasteiger partial charge in [0.05, 0.1) is 18.7 Å². The van der Waals surface area contributed by atoms with E-state index in [9.17, 15) is 9.90 Å². The van der Waals surface area contributed by atoms with Crippen LogP contribution in [0, 0.1) is 0 Å². The summed E-state index contributed by atoms with van der Waals surface area (Å²) >= 11 is 5.61. The molecule has 0 aromatic heterocycles. The number of hydrogen-bond acceptors (Lipinski definition) is 4. The molecule has 13 heavy (non-hydrogen) atoms. The SMILES string of the molecule is COC(=O)C1=CC=CC(O)(Cl)C1N. The van der Waals surface area contributed by atoms with E-state index in [1.165, 1.54) is 25.3 Å². The molecule has 0 aromatic rings. The molecule has 1 aliphatic rings. The van der Waals surface area contributed by atoms with Crippen LogP contribution in [0.1, 0.15) is 0 Å². The maximum Gasteiger partial charge on any atom is 0.335 e. The van der Waals surface area contributed by atoms with Crippen molar-refractivity contribution in [1.29, 1.82) is 0 Å². The van der Waals surface area contributed by atoms with Crippen molar-refractivity contribution in [2.24, 2.45) is 5.73 Å². The monoisotopic (exact) mass is 203 g/mol. The Bertz CT molecular complexity index is 283. The molecule has 1 rings (SSSR count). The molecule has 2 unspecified atom stereocenters. The van der Waals surface area contributed by atoms with Gasteiger partial charge in [-0.2, -0.15) is 0 Å². The highest BCUT2D eigenvalue weighted by Gasteiger charge is 2.36. The topological polar surface area (TPSA) is 72.5 Å². The average Bonchev–Trinajstić information content (AvgIpc) is 2.08. The van der Waals surface area contributed by atoms with Gasteiger partial charge in [0.15, 0.2) is 5.06 Å². The molecule has 0 amide bonds. The minimum Gasteiger partial charge on any atom is -0.466 e. The zero-order chi connectivity index (χ0) is 10.1. The molecule has 0 heterocycles. The second-order valence-corrected chi connectivity index (χ2v) is 3.28. The quantitative estimate of drug-likeness (QED) is 0.462. The number of carbonyl (C=O) groups is 1.